The Morgan fingerprint density at radius 2 is 2.17 bits per heavy atom. The van der Waals surface area contributed by atoms with E-state index in [1.54, 1.807) is 30.2 Å². The van der Waals surface area contributed by atoms with Crippen molar-refractivity contribution in [2.75, 3.05) is 20.2 Å². The van der Waals surface area contributed by atoms with Gasteiger partial charge < -0.3 is 9.64 Å². The van der Waals surface area contributed by atoms with Gasteiger partial charge in [0.1, 0.15) is 0 Å². The van der Waals surface area contributed by atoms with E-state index in [1.165, 1.54) is 4.88 Å². The second kappa shape index (κ2) is 7.87. The topological polar surface area (TPSA) is 46.6 Å². The van der Waals surface area contributed by atoms with Gasteiger partial charge in [-0.25, -0.2) is 0 Å². The minimum absolute atomic E-state index is 0.0143. The van der Waals surface area contributed by atoms with E-state index in [0.29, 0.717) is 13.2 Å². The lowest BCUT2D eigenvalue weighted by atomic mass is 10.2. The van der Waals surface area contributed by atoms with Crippen molar-refractivity contribution in [1.82, 2.24) is 4.90 Å². The van der Waals surface area contributed by atoms with Gasteiger partial charge in [0, 0.05) is 24.9 Å². The quantitative estimate of drug-likeness (QED) is 0.712. The molecule has 0 aliphatic heterocycles. The van der Waals surface area contributed by atoms with Crippen LogP contribution < -0.4 is 0 Å². The van der Waals surface area contributed by atoms with Crippen LogP contribution in [0.5, 0.6) is 0 Å². The van der Waals surface area contributed by atoms with Crippen molar-refractivity contribution in [2.24, 2.45) is 0 Å². The first-order valence-electron chi connectivity index (χ1n) is 6.05. The van der Waals surface area contributed by atoms with Crippen molar-refractivity contribution < 1.29 is 14.3 Å². The van der Waals surface area contributed by atoms with E-state index in [1.807, 2.05) is 11.4 Å². The summed E-state index contributed by atoms with van der Waals surface area (Å²) in [6.45, 7) is 2.80. The second-order valence-corrected chi connectivity index (χ2v) is 4.98. The number of thiophene rings is 1. The van der Waals surface area contributed by atoms with Gasteiger partial charge in [0.15, 0.2) is 0 Å². The Labute approximate surface area is 112 Å². The fraction of sp³-hybridized carbons (Fsp3) is 0.538. The number of esters is 1. The Bertz CT molecular complexity index is 376. The minimum Gasteiger partial charge on any atom is -0.466 e. The molecule has 0 aliphatic carbocycles. The normalized spacial score (nSPS) is 10.1. The fourth-order valence-corrected chi connectivity index (χ4v) is 2.19. The third-order valence-corrected chi connectivity index (χ3v) is 3.48. The number of carbonyl (C=O) groups is 2. The molecule has 0 spiro atoms. The molecule has 0 fully saturated rings. The molecule has 18 heavy (non-hydrogen) atoms. The highest BCUT2D eigenvalue weighted by atomic mass is 32.1. The molecule has 0 N–H and O–H groups in total. The fourth-order valence-electron chi connectivity index (χ4n) is 1.49. The summed E-state index contributed by atoms with van der Waals surface area (Å²) in [5.41, 5.74) is 0. The number of nitrogens with zero attached hydrogens (tertiary/aromatic N) is 1. The highest BCUT2D eigenvalue weighted by Gasteiger charge is 2.11. The molecule has 1 heterocycles. The predicted molar refractivity (Wildman–Crippen MR) is 71.5 cm³/mol. The van der Waals surface area contributed by atoms with Gasteiger partial charge in [-0.3, -0.25) is 9.59 Å². The molecule has 0 radical (unpaired) electrons. The van der Waals surface area contributed by atoms with Gasteiger partial charge in [0.05, 0.1) is 13.0 Å². The standard InChI is InChI=1S/C13H19NO3S/c1-3-17-13(16)7-6-12(15)14(2)9-8-11-5-4-10-18-11/h4-5,10H,3,6-9H2,1-2H3. The first-order valence-corrected chi connectivity index (χ1v) is 6.93. The number of carbonyl (C=O) groups excluding carboxylic acids is 2. The van der Waals surface area contributed by atoms with Gasteiger partial charge in [0.2, 0.25) is 5.91 Å². The maximum absolute atomic E-state index is 11.7. The molecule has 0 aliphatic rings. The largest absolute Gasteiger partial charge is 0.466 e. The summed E-state index contributed by atoms with van der Waals surface area (Å²) in [5.74, 6) is -0.322. The lowest BCUT2D eigenvalue weighted by Crippen LogP contribution is -2.29. The highest BCUT2D eigenvalue weighted by Crippen LogP contribution is 2.09. The van der Waals surface area contributed by atoms with Crippen LogP contribution in [0, 0.1) is 0 Å². The second-order valence-electron chi connectivity index (χ2n) is 3.95. The Hall–Kier alpha value is -1.36. The zero-order valence-electron chi connectivity index (χ0n) is 10.8. The predicted octanol–water partition coefficient (Wildman–Crippen LogP) is 2.09. The highest BCUT2D eigenvalue weighted by molar-refractivity contribution is 7.09. The molecule has 0 bridgehead atoms. The molecule has 0 saturated heterocycles. The Kier molecular flexibility index (Phi) is 6.43. The summed E-state index contributed by atoms with van der Waals surface area (Å²) in [6, 6.07) is 4.06. The van der Waals surface area contributed by atoms with Gasteiger partial charge in [-0.2, -0.15) is 0 Å². The molecule has 1 rings (SSSR count). The van der Waals surface area contributed by atoms with E-state index < -0.39 is 0 Å². The van der Waals surface area contributed by atoms with Crippen LogP contribution in [0.2, 0.25) is 0 Å². The molecule has 5 heteroatoms. The third-order valence-electron chi connectivity index (χ3n) is 2.55. The summed E-state index contributed by atoms with van der Waals surface area (Å²) in [5, 5.41) is 2.03. The van der Waals surface area contributed by atoms with Crippen LogP contribution in [0.1, 0.15) is 24.6 Å². The van der Waals surface area contributed by atoms with Crippen molar-refractivity contribution in [2.45, 2.75) is 26.2 Å². The average Bonchev–Trinajstić information content (AvgIpc) is 2.86. The Morgan fingerprint density at radius 3 is 2.78 bits per heavy atom. The maximum atomic E-state index is 11.7. The molecule has 1 aromatic heterocycles. The average molecular weight is 269 g/mol. The van der Waals surface area contributed by atoms with Crippen LogP contribution in [0.4, 0.5) is 0 Å². The van der Waals surface area contributed by atoms with Crippen molar-refractivity contribution >= 4 is 23.2 Å². The summed E-state index contributed by atoms with van der Waals surface area (Å²) < 4.78 is 4.78. The van der Waals surface area contributed by atoms with Gasteiger partial charge >= 0.3 is 5.97 Å². The molecule has 4 nitrogen and oxygen atoms in total. The molecule has 1 aromatic rings. The van der Waals surface area contributed by atoms with Crippen molar-refractivity contribution in [1.29, 1.82) is 0 Å². The molecular formula is C13H19NO3S. The third kappa shape index (κ3) is 5.31. The summed E-state index contributed by atoms with van der Waals surface area (Å²) in [6.07, 6.45) is 1.25. The zero-order valence-corrected chi connectivity index (χ0v) is 11.7. The molecule has 0 saturated carbocycles. The first-order chi connectivity index (χ1) is 8.63. The monoisotopic (exact) mass is 269 g/mol. The molecule has 0 atom stereocenters. The van der Waals surface area contributed by atoms with Crippen molar-refractivity contribution in [3.63, 3.8) is 0 Å². The SMILES string of the molecule is CCOC(=O)CCC(=O)N(C)CCc1cccs1. The number of ether oxygens (including phenoxy) is 1. The van der Waals surface area contributed by atoms with Crippen molar-refractivity contribution in [3.8, 4) is 0 Å². The van der Waals surface area contributed by atoms with Crippen LogP contribution in [0.15, 0.2) is 17.5 Å². The van der Waals surface area contributed by atoms with Crippen molar-refractivity contribution in [3.05, 3.63) is 22.4 Å². The van der Waals surface area contributed by atoms with E-state index in [0.717, 1.165) is 6.42 Å². The molecule has 1 amide bonds. The van der Waals surface area contributed by atoms with Crippen LogP contribution in [-0.2, 0) is 20.7 Å². The van der Waals surface area contributed by atoms with E-state index >= 15 is 0 Å². The van der Waals surface area contributed by atoms with Crippen LogP contribution in [0.3, 0.4) is 0 Å². The van der Waals surface area contributed by atoms with E-state index in [9.17, 15) is 9.59 Å². The lowest BCUT2D eigenvalue weighted by molar-refractivity contribution is -0.145. The number of amides is 1. The molecule has 0 unspecified atom stereocenters. The first kappa shape index (κ1) is 14.7. The Morgan fingerprint density at radius 1 is 1.39 bits per heavy atom. The molecular weight excluding hydrogens is 250 g/mol. The molecule has 100 valence electrons. The van der Waals surface area contributed by atoms with Gasteiger partial charge in [-0.15, -0.1) is 11.3 Å². The van der Waals surface area contributed by atoms with E-state index in [4.69, 9.17) is 4.74 Å². The van der Waals surface area contributed by atoms with Gasteiger partial charge in [0.25, 0.3) is 0 Å². The number of hydrogen-bond acceptors (Lipinski definition) is 4. The Balaban J connectivity index is 2.22. The summed E-state index contributed by atoms with van der Waals surface area (Å²) in [4.78, 5) is 25.8. The minimum atomic E-state index is -0.308. The summed E-state index contributed by atoms with van der Waals surface area (Å²) >= 11 is 1.69. The molecule has 0 aromatic carbocycles. The van der Waals surface area contributed by atoms with Gasteiger partial charge in [-0.05, 0) is 24.8 Å². The smallest absolute Gasteiger partial charge is 0.306 e. The lowest BCUT2D eigenvalue weighted by Gasteiger charge is -2.16. The number of rotatable bonds is 7. The van der Waals surface area contributed by atoms with E-state index in [2.05, 4.69) is 6.07 Å². The van der Waals surface area contributed by atoms with E-state index in [-0.39, 0.29) is 24.7 Å². The van der Waals surface area contributed by atoms with Crippen LogP contribution in [0.25, 0.3) is 0 Å². The number of hydrogen-bond donors (Lipinski definition) is 0. The number of likely N-dealkylation sites (N-methyl/N-ethyl adjacent to an activating group) is 1. The van der Waals surface area contributed by atoms with Crippen LogP contribution >= 0.6 is 11.3 Å². The van der Waals surface area contributed by atoms with Crippen LogP contribution in [-0.4, -0.2) is 37.0 Å². The zero-order chi connectivity index (χ0) is 13.4. The van der Waals surface area contributed by atoms with Gasteiger partial charge in [-0.1, -0.05) is 6.07 Å². The maximum Gasteiger partial charge on any atom is 0.306 e. The summed E-state index contributed by atoms with van der Waals surface area (Å²) in [7, 11) is 1.76.